The first-order chi connectivity index (χ1) is 9.63. The molecule has 1 aromatic carbocycles. The van der Waals surface area contributed by atoms with Crippen molar-refractivity contribution < 1.29 is 4.74 Å². The van der Waals surface area contributed by atoms with Crippen LogP contribution in [0.25, 0.3) is 11.2 Å². The van der Waals surface area contributed by atoms with Gasteiger partial charge in [0.05, 0.1) is 5.69 Å². The van der Waals surface area contributed by atoms with Crippen molar-refractivity contribution in [3.8, 4) is 5.75 Å². The Morgan fingerprint density at radius 2 is 1.95 bits per heavy atom. The lowest BCUT2D eigenvalue weighted by atomic mass is 10.3. The Balaban J connectivity index is 1.87. The number of rotatable bonds is 3. The summed E-state index contributed by atoms with van der Waals surface area (Å²) in [6.45, 7) is 0.143. The number of H-pyrrole nitrogens is 2. The largest absolute Gasteiger partial charge is 0.484 e. The normalized spacial score (nSPS) is 10.8. The summed E-state index contributed by atoms with van der Waals surface area (Å²) in [6, 6.07) is 7.12. The fraction of sp³-hybridized carbons (Fsp3) is 0.0833. The van der Waals surface area contributed by atoms with Crippen molar-refractivity contribution in [3.63, 3.8) is 0 Å². The molecule has 0 aliphatic heterocycles. The molecule has 0 saturated heterocycles. The fourth-order valence-corrected chi connectivity index (χ4v) is 1.80. The molecule has 20 heavy (non-hydrogen) atoms. The first-order valence-electron chi connectivity index (χ1n) is 5.85. The second-order valence-corrected chi connectivity index (χ2v) is 4.16. The summed E-state index contributed by atoms with van der Waals surface area (Å²) >= 11 is 0. The molecule has 0 amide bonds. The van der Waals surface area contributed by atoms with Crippen LogP contribution < -0.4 is 21.8 Å². The van der Waals surface area contributed by atoms with Crippen LogP contribution in [0.15, 0.2) is 29.1 Å². The average molecular weight is 272 g/mol. The van der Waals surface area contributed by atoms with Crippen LogP contribution in [-0.4, -0.2) is 19.9 Å². The Kier molecular flexibility index (Phi) is 2.75. The van der Waals surface area contributed by atoms with Gasteiger partial charge < -0.3 is 21.2 Å². The van der Waals surface area contributed by atoms with E-state index in [1.165, 1.54) is 0 Å². The molecule has 2 heterocycles. The van der Waals surface area contributed by atoms with Crippen molar-refractivity contribution in [1.82, 2.24) is 19.9 Å². The van der Waals surface area contributed by atoms with E-state index in [1.807, 2.05) is 12.1 Å². The molecule has 0 fully saturated rings. The number of fused-ring (bicyclic) bond motifs is 1. The molecule has 0 bridgehead atoms. The van der Waals surface area contributed by atoms with Crippen molar-refractivity contribution in [2.75, 3.05) is 11.5 Å². The van der Waals surface area contributed by atoms with Crippen LogP contribution in [-0.2, 0) is 6.61 Å². The molecule has 6 N–H and O–H groups in total. The topological polar surface area (TPSA) is 136 Å². The summed E-state index contributed by atoms with van der Waals surface area (Å²) in [5.74, 6) is 1.04. The zero-order chi connectivity index (χ0) is 14.1. The highest BCUT2D eigenvalue weighted by Gasteiger charge is 2.09. The van der Waals surface area contributed by atoms with Crippen LogP contribution in [0, 0.1) is 0 Å². The number of hydrogen-bond acceptors (Lipinski definition) is 6. The molecule has 0 aliphatic carbocycles. The average Bonchev–Trinajstić information content (AvgIpc) is 2.81. The number of nitrogens with two attached hydrogens (primary N) is 2. The molecule has 8 heteroatoms. The van der Waals surface area contributed by atoms with Gasteiger partial charge >= 0.3 is 0 Å². The Labute approximate surface area is 112 Å². The third-order valence-electron chi connectivity index (χ3n) is 2.71. The molecule has 102 valence electrons. The Hall–Kier alpha value is -3.03. The predicted octanol–water partition coefficient (Wildman–Crippen LogP) is 0.390. The molecule has 3 aromatic rings. The molecule has 0 saturated carbocycles. The molecule has 0 spiro atoms. The van der Waals surface area contributed by atoms with Crippen LogP contribution in [0.5, 0.6) is 5.75 Å². The molecule has 0 aliphatic rings. The Morgan fingerprint density at radius 3 is 2.75 bits per heavy atom. The summed E-state index contributed by atoms with van der Waals surface area (Å²) in [7, 11) is 0. The van der Waals surface area contributed by atoms with Gasteiger partial charge in [0, 0.05) is 0 Å². The number of aromatic nitrogens is 4. The Morgan fingerprint density at radius 1 is 1.15 bits per heavy atom. The smallest absolute Gasteiger partial charge is 0.278 e. The molecule has 2 aromatic heterocycles. The lowest BCUT2D eigenvalue weighted by Gasteiger charge is -2.06. The monoisotopic (exact) mass is 272 g/mol. The van der Waals surface area contributed by atoms with Crippen LogP contribution in [0.4, 0.5) is 11.6 Å². The molecular weight excluding hydrogens is 260 g/mol. The minimum Gasteiger partial charge on any atom is -0.484 e. The van der Waals surface area contributed by atoms with Gasteiger partial charge in [-0.2, -0.15) is 4.98 Å². The van der Waals surface area contributed by atoms with Gasteiger partial charge in [0.15, 0.2) is 11.2 Å². The van der Waals surface area contributed by atoms with Crippen LogP contribution in [0.2, 0.25) is 0 Å². The first-order valence-corrected chi connectivity index (χ1v) is 5.85. The molecule has 3 rings (SSSR count). The second kappa shape index (κ2) is 4.57. The number of hydrogen-bond donors (Lipinski definition) is 4. The summed E-state index contributed by atoms with van der Waals surface area (Å²) in [6.07, 6.45) is 0. The number of nitrogen functional groups attached to an aromatic ring is 2. The number of ether oxygens (including phenoxy) is 1. The van der Waals surface area contributed by atoms with Gasteiger partial charge in [-0.1, -0.05) is 12.1 Å². The third-order valence-corrected chi connectivity index (χ3v) is 2.71. The van der Waals surface area contributed by atoms with E-state index in [0.717, 1.165) is 0 Å². The Bertz CT molecular complexity index is 822. The third kappa shape index (κ3) is 2.14. The summed E-state index contributed by atoms with van der Waals surface area (Å²) in [4.78, 5) is 24.9. The predicted molar refractivity (Wildman–Crippen MR) is 74.1 cm³/mol. The second-order valence-electron chi connectivity index (χ2n) is 4.16. The molecule has 8 nitrogen and oxygen atoms in total. The van der Waals surface area contributed by atoms with Gasteiger partial charge in [-0.3, -0.25) is 9.78 Å². The lowest BCUT2D eigenvalue weighted by molar-refractivity contribution is 0.299. The van der Waals surface area contributed by atoms with Crippen molar-refractivity contribution in [1.29, 1.82) is 0 Å². The number of nitrogens with zero attached hydrogens (tertiary/aromatic N) is 2. The van der Waals surface area contributed by atoms with E-state index in [1.54, 1.807) is 12.1 Å². The van der Waals surface area contributed by atoms with Gasteiger partial charge in [-0.15, -0.1) is 0 Å². The molecule has 0 atom stereocenters. The lowest BCUT2D eigenvalue weighted by Crippen LogP contribution is -2.10. The summed E-state index contributed by atoms with van der Waals surface area (Å²) in [5.41, 5.74) is 11.9. The van der Waals surface area contributed by atoms with E-state index in [9.17, 15) is 4.79 Å². The highest BCUT2D eigenvalue weighted by molar-refractivity contribution is 5.70. The SMILES string of the molecule is Nc1nc2nc(COc3ccccc3N)[nH]c2c(=O)[nH]1. The highest BCUT2D eigenvalue weighted by Crippen LogP contribution is 2.20. The summed E-state index contributed by atoms with van der Waals surface area (Å²) < 4.78 is 5.53. The zero-order valence-corrected chi connectivity index (χ0v) is 10.4. The number of para-hydroxylation sites is 2. The summed E-state index contributed by atoms with van der Waals surface area (Å²) in [5, 5.41) is 0. The van der Waals surface area contributed by atoms with Crippen molar-refractivity contribution >= 4 is 22.8 Å². The van der Waals surface area contributed by atoms with E-state index in [0.29, 0.717) is 17.3 Å². The van der Waals surface area contributed by atoms with Gasteiger partial charge in [0.25, 0.3) is 5.56 Å². The van der Waals surface area contributed by atoms with Crippen LogP contribution in [0.1, 0.15) is 5.82 Å². The van der Waals surface area contributed by atoms with Crippen LogP contribution >= 0.6 is 0 Å². The van der Waals surface area contributed by atoms with E-state index < -0.39 is 0 Å². The number of nitrogens with one attached hydrogen (secondary N) is 2. The maximum Gasteiger partial charge on any atom is 0.278 e. The molecular formula is C12H12N6O2. The fourth-order valence-electron chi connectivity index (χ4n) is 1.80. The van der Waals surface area contributed by atoms with Crippen molar-refractivity contribution in [2.45, 2.75) is 6.61 Å². The molecule has 0 unspecified atom stereocenters. The highest BCUT2D eigenvalue weighted by atomic mass is 16.5. The van der Waals surface area contributed by atoms with E-state index >= 15 is 0 Å². The maximum absolute atomic E-state index is 11.6. The van der Waals surface area contributed by atoms with Crippen molar-refractivity contribution in [2.24, 2.45) is 0 Å². The quantitative estimate of drug-likeness (QED) is 0.509. The minimum atomic E-state index is -0.370. The van der Waals surface area contributed by atoms with Crippen molar-refractivity contribution in [3.05, 3.63) is 40.4 Å². The number of imidazole rings is 1. The number of benzene rings is 1. The van der Waals surface area contributed by atoms with Gasteiger partial charge in [-0.05, 0) is 12.1 Å². The van der Waals surface area contributed by atoms with E-state index in [2.05, 4.69) is 19.9 Å². The number of aromatic amines is 2. The van der Waals surface area contributed by atoms with E-state index in [4.69, 9.17) is 16.2 Å². The van der Waals surface area contributed by atoms with Gasteiger partial charge in [0.1, 0.15) is 18.2 Å². The van der Waals surface area contributed by atoms with Gasteiger partial charge in [-0.25, -0.2) is 4.98 Å². The van der Waals surface area contributed by atoms with Crippen LogP contribution in [0.3, 0.4) is 0 Å². The number of anilines is 2. The van der Waals surface area contributed by atoms with Gasteiger partial charge in [0.2, 0.25) is 5.95 Å². The first kappa shape index (κ1) is 12.0. The zero-order valence-electron chi connectivity index (χ0n) is 10.4. The maximum atomic E-state index is 11.6. The standard InChI is InChI=1S/C12H12N6O2/c13-6-3-1-2-4-7(6)20-5-8-15-9-10(16-8)17-12(14)18-11(9)19/h1-4H,5,13H2,(H4,14,15,16,17,18,19). The molecule has 0 radical (unpaired) electrons. The minimum absolute atomic E-state index is 0.0220. The van der Waals surface area contributed by atoms with E-state index in [-0.39, 0.29) is 29.3 Å².